The Balaban J connectivity index is 2.19. The van der Waals surface area contributed by atoms with Gasteiger partial charge in [-0.1, -0.05) is 0 Å². The molecule has 2 rings (SSSR count). The van der Waals surface area contributed by atoms with Crippen molar-refractivity contribution in [1.82, 2.24) is 4.57 Å². The highest BCUT2D eigenvalue weighted by Gasteiger charge is 2.10. The van der Waals surface area contributed by atoms with Crippen LogP contribution in [0.4, 0.5) is 5.69 Å². The number of methoxy groups -OCH3 is 2. The van der Waals surface area contributed by atoms with Gasteiger partial charge in [-0.25, -0.2) is 0 Å². The maximum absolute atomic E-state index is 9.06. The molecule has 0 radical (unpaired) electrons. The Hall–Kier alpha value is -2.61. The SMILES string of the molecule is COc1ccc(NCc2cc(C#N)n(C)c2C)c(OC)c1. The van der Waals surface area contributed by atoms with Crippen LogP contribution in [0.15, 0.2) is 24.3 Å². The van der Waals surface area contributed by atoms with Gasteiger partial charge in [0.1, 0.15) is 23.3 Å². The third-order valence-electron chi connectivity index (χ3n) is 3.63. The molecule has 5 heteroatoms. The van der Waals surface area contributed by atoms with E-state index in [1.165, 1.54) is 0 Å². The maximum Gasteiger partial charge on any atom is 0.145 e. The minimum atomic E-state index is 0.629. The smallest absolute Gasteiger partial charge is 0.145 e. The molecule has 0 aliphatic heterocycles. The van der Waals surface area contributed by atoms with Crippen molar-refractivity contribution in [1.29, 1.82) is 5.26 Å². The van der Waals surface area contributed by atoms with Gasteiger partial charge in [0.2, 0.25) is 0 Å². The summed E-state index contributed by atoms with van der Waals surface area (Å²) in [5, 5.41) is 12.4. The molecule has 1 aromatic carbocycles. The fourth-order valence-corrected chi connectivity index (χ4v) is 2.18. The van der Waals surface area contributed by atoms with E-state index in [1.54, 1.807) is 14.2 Å². The third kappa shape index (κ3) is 2.95. The Morgan fingerprint density at radius 3 is 2.57 bits per heavy atom. The molecule has 110 valence electrons. The lowest BCUT2D eigenvalue weighted by Crippen LogP contribution is -2.03. The summed E-state index contributed by atoms with van der Waals surface area (Å²) in [7, 11) is 5.14. The molecule has 5 nitrogen and oxygen atoms in total. The fraction of sp³-hybridized carbons (Fsp3) is 0.312. The molecule has 1 heterocycles. The molecular formula is C16H19N3O2. The Labute approximate surface area is 124 Å². The Morgan fingerprint density at radius 1 is 1.24 bits per heavy atom. The van der Waals surface area contributed by atoms with Gasteiger partial charge in [0.05, 0.1) is 19.9 Å². The van der Waals surface area contributed by atoms with Gasteiger partial charge >= 0.3 is 0 Å². The lowest BCUT2D eigenvalue weighted by atomic mass is 10.2. The zero-order chi connectivity index (χ0) is 15.4. The molecule has 0 aliphatic rings. The van der Waals surface area contributed by atoms with E-state index in [9.17, 15) is 0 Å². The number of nitriles is 1. The Morgan fingerprint density at radius 2 is 2.00 bits per heavy atom. The third-order valence-corrected chi connectivity index (χ3v) is 3.63. The van der Waals surface area contributed by atoms with Crippen LogP contribution in [0, 0.1) is 18.3 Å². The van der Waals surface area contributed by atoms with Crippen LogP contribution in [0.5, 0.6) is 11.5 Å². The first-order valence-corrected chi connectivity index (χ1v) is 6.62. The van der Waals surface area contributed by atoms with Crippen LogP contribution in [0.25, 0.3) is 0 Å². The zero-order valence-corrected chi connectivity index (χ0v) is 12.7. The van der Waals surface area contributed by atoms with Gasteiger partial charge in [0.25, 0.3) is 0 Å². The molecule has 0 saturated heterocycles. The van der Waals surface area contributed by atoms with Crippen molar-refractivity contribution in [3.63, 3.8) is 0 Å². The van der Waals surface area contributed by atoms with Crippen LogP contribution < -0.4 is 14.8 Å². The fourth-order valence-electron chi connectivity index (χ4n) is 2.18. The van der Waals surface area contributed by atoms with E-state index in [4.69, 9.17) is 14.7 Å². The van der Waals surface area contributed by atoms with E-state index in [0.717, 1.165) is 28.4 Å². The van der Waals surface area contributed by atoms with Gasteiger partial charge in [-0.05, 0) is 30.7 Å². The average Bonchev–Trinajstić information content (AvgIpc) is 2.80. The maximum atomic E-state index is 9.06. The summed E-state index contributed by atoms with van der Waals surface area (Å²) >= 11 is 0. The predicted octanol–water partition coefficient (Wildman–Crippen LogP) is 2.83. The first kappa shape index (κ1) is 14.8. The first-order chi connectivity index (χ1) is 10.1. The number of benzene rings is 1. The van der Waals surface area contributed by atoms with Crippen molar-refractivity contribution >= 4 is 5.69 Å². The first-order valence-electron chi connectivity index (χ1n) is 6.62. The minimum absolute atomic E-state index is 0.629. The number of ether oxygens (including phenoxy) is 2. The van der Waals surface area contributed by atoms with E-state index in [-0.39, 0.29) is 0 Å². The van der Waals surface area contributed by atoms with Crippen molar-refractivity contribution in [2.24, 2.45) is 7.05 Å². The van der Waals surface area contributed by atoms with Crippen molar-refractivity contribution < 1.29 is 9.47 Å². The number of hydrogen-bond acceptors (Lipinski definition) is 4. The quantitative estimate of drug-likeness (QED) is 0.917. The summed E-state index contributed by atoms with van der Waals surface area (Å²) < 4.78 is 12.4. The van der Waals surface area contributed by atoms with Crippen LogP contribution in [0.2, 0.25) is 0 Å². The second-order valence-corrected chi connectivity index (χ2v) is 4.73. The van der Waals surface area contributed by atoms with E-state index < -0.39 is 0 Å². The molecule has 0 saturated carbocycles. The number of rotatable bonds is 5. The summed E-state index contributed by atoms with van der Waals surface area (Å²) in [6.45, 7) is 2.63. The van der Waals surface area contributed by atoms with Gasteiger partial charge in [-0.2, -0.15) is 5.26 Å². The molecule has 1 N–H and O–H groups in total. The molecule has 0 unspecified atom stereocenters. The normalized spacial score (nSPS) is 10.0. The van der Waals surface area contributed by atoms with E-state index in [1.807, 2.05) is 42.8 Å². The second-order valence-electron chi connectivity index (χ2n) is 4.73. The van der Waals surface area contributed by atoms with E-state index >= 15 is 0 Å². The standard InChI is InChI=1S/C16H19N3O2/c1-11-12(7-13(9-17)19(11)2)10-18-15-6-5-14(20-3)8-16(15)21-4/h5-8,18H,10H2,1-4H3. The number of nitrogens with one attached hydrogen (secondary N) is 1. The van der Waals surface area contributed by atoms with Crippen LogP contribution in [0.1, 0.15) is 17.0 Å². The number of nitrogens with zero attached hydrogens (tertiary/aromatic N) is 2. The molecule has 21 heavy (non-hydrogen) atoms. The summed E-state index contributed by atoms with van der Waals surface area (Å²) in [6.07, 6.45) is 0. The van der Waals surface area contributed by atoms with Crippen LogP contribution in [-0.4, -0.2) is 18.8 Å². The molecule has 0 atom stereocenters. The van der Waals surface area contributed by atoms with Gasteiger partial charge in [0.15, 0.2) is 0 Å². The van der Waals surface area contributed by atoms with Crippen LogP contribution in [-0.2, 0) is 13.6 Å². The number of anilines is 1. The highest BCUT2D eigenvalue weighted by molar-refractivity contribution is 5.59. The highest BCUT2D eigenvalue weighted by atomic mass is 16.5. The summed E-state index contributed by atoms with van der Waals surface area (Å²) in [4.78, 5) is 0. The monoisotopic (exact) mass is 285 g/mol. The minimum Gasteiger partial charge on any atom is -0.497 e. The molecule has 0 bridgehead atoms. The van der Waals surface area contributed by atoms with Gasteiger partial charge in [-0.3, -0.25) is 0 Å². The summed E-state index contributed by atoms with van der Waals surface area (Å²) in [5.74, 6) is 1.48. The van der Waals surface area contributed by atoms with E-state index in [0.29, 0.717) is 12.2 Å². The van der Waals surface area contributed by atoms with Crippen LogP contribution >= 0.6 is 0 Å². The van der Waals surface area contributed by atoms with Crippen molar-refractivity contribution in [2.75, 3.05) is 19.5 Å². The largest absolute Gasteiger partial charge is 0.497 e. The second kappa shape index (κ2) is 6.23. The average molecular weight is 285 g/mol. The Bertz CT molecular complexity index is 684. The molecule has 0 fully saturated rings. The zero-order valence-electron chi connectivity index (χ0n) is 12.7. The van der Waals surface area contributed by atoms with Gasteiger partial charge < -0.3 is 19.4 Å². The summed E-state index contributed by atoms with van der Waals surface area (Å²) in [5.41, 5.74) is 3.71. The lowest BCUT2D eigenvalue weighted by Gasteiger charge is -2.12. The molecule has 1 aromatic heterocycles. The molecule has 0 spiro atoms. The van der Waals surface area contributed by atoms with Crippen molar-refractivity contribution in [3.8, 4) is 17.6 Å². The molecule has 0 aliphatic carbocycles. The predicted molar refractivity (Wildman–Crippen MR) is 81.7 cm³/mol. The van der Waals surface area contributed by atoms with E-state index in [2.05, 4.69) is 11.4 Å². The highest BCUT2D eigenvalue weighted by Crippen LogP contribution is 2.29. The molecule has 2 aromatic rings. The van der Waals surface area contributed by atoms with Crippen molar-refractivity contribution in [3.05, 3.63) is 41.2 Å². The Kier molecular flexibility index (Phi) is 4.39. The number of aromatic nitrogens is 1. The lowest BCUT2D eigenvalue weighted by molar-refractivity contribution is 0.395. The van der Waals surface area contributed by atoms with Gasteiger partial charge in [0, 0.05) is 25.4 Å². The van der Waals surface area contributed by atoms with Crippen LogP contribution in [0.3, 0.4) is 0 Å². The number of hydrogen-bond donors (Lipinski definition) is 1. The molecular weight excluding hydrogens is 266 g/mol. The molecule has 0 amide bonds. The topological polar surface area (TPSA) is 59.2 Å². The van der Waals surface area contributed by atoms with Gasteiger partial charge in [-0.15, -0.1) is 0 Å². The summed E-state index contributed by atoms with van der Waals surface area (Å²) in [6, 6.07) is 9.72. The van der Waals surface area contributed by atoms with Crippen molar-refractivity contribution in [2.45, 2.75) is 13.5 Å².